The van der Waals surface area contributed by atoms with Crippen LogP contribution in [0.25, 0.3) is 10.9 Å². The smallest absolute Gasteiger partial charge is 0.328 e. The highest BCUT2D eigenvalue weighted by molar-refractivity contribution is 7.90. The number of aryl methyl sites for hydroxylation is 1. The van der Waals surface area contributed by atoms with Crippen LogP contribution in [0.5, 0.6) is 0 Å². The molecule has 1 aromatic heterocycles. The average molecular weight is 540 g/mol. The van der Waals surface area contributed by atoms with E-state index in [9.17, 15) is 22.8 Å². The highest BCUT2D eigenvalue weighted by Crippen LogP contribution is 2.32. The molecule has 0 saturated heterocycles. The fourth-order valence-electron chi connectivity index (χ4n) is 3.35. The third kappa shape index (κ3) is 6.05. The van der Waals surface area contributed by atoms with Crippen molar-refractivity contribution in [2.45, 2.75) is 24.3 Å². The Morgan fingerprint density at radius 2 is 1.71 bits per heavy atom. The molecule has 0 saturated carbocycles. The van der Waals surface area contributed by atoms with E-state index < -0.39 is 28.0 Å². The van der Waals surface area contributed by atoms with Gasteiger partial charge in [-0.25, -0.2) is 17.9 Å². The zero-order valence-corrected chi connectivity index (χ0v) is 21.3. The molecule has 13 heteroatoms. The minimum Gasteiger partial charge on any atom is -0.359 e. The van der Waals surface area contributed by atoms with Crippen molar-refractivity contribution < 1.29 is 22.8 Å². The first-order valence-electron chi connectivity index (χ1n) is 10.3. The van der Waals surface area contributed by atoms with Crippen LogP contribution in [-0.2, 0) is 21.9 Å². The Balaban J connectivity index is 1.68. The van der Waals surface area contributed by atoms with Crippen LogP contribution in [-0.4, -0.2) is 43.9 Å². The number of rotatable bonds is 7. The number of carbonyl (C=O) groups is 3. The fourth-order valence-corrected chi connectivity index (χ4v) is 4.64. The molecule has 3 rings (SSSR count). The second-order valence-corrected chi connectivity index (χ2v) is 10.2. The zero-order valence-electron chi connectivity index (χ0n) is 19.0. The van der Waals surface area contributed by atoms with Gasteiger partial charge in [0.15, 0.2) is 0 Å². The minimum atomic E-state index is -4.18. The largest absolute Gasteiger partial charge is 0.359 e. The van der Waals surface area contributed by atoms with E-state index >= 15 is 0 Å². The van der Waals surface area contributed by atoms with Crippen molar-refractivity contribution in [3.8, 4) is 0 Å². The summed E-state index contributed by atoms with van der Waals surface area (Å²) in [6.07, 6.45) is -0.00564. The van der Waals surface area contributed by atoms with Crippen molar-refractivity contribution in [3.05, 3.63) is 58.2 Å². The third-order valence-corrected chi connectivity index (χ3v) is 7.31. The maximum Gasteiger partial charge on any atom is 0.328 e. The standard InChI is InChI=1S/C22H23Cl2N5O5S/c1-12(10-19(30)25-2)26-22(32)28-35(33,34)14-6-4-13(5-7-14)27-21(31)18-11-15-17(29(18)3)9-8-16(23)20(15)24/h4-9,11-12H,10H2,1-3H3,(H,25,30)(H,27,31)(H2,26,28,32). The van der Waals surface area contributed by atoms with Crippen LogP contribution in [0.2, 0.25) is 10.0 Å². The summed E-state index contributed by atoms with van der Waals surface area (Å²) in [6.45, 7) is 1.57. The highest BCUT2D eigenvalue weighted by atomic mass is 35.5. The first kappa shape index (κ1) is 26.3. The quantitative estimate of drug-likeness (QED) is 0.365. The monoisotopic (exact) mass is 539 g/mol. The van der Waals surface area contributed by atoms with Gasteiger partial charge in [0, 0.05) is 43.1 Å². The maximum absolute atomic E-state index is 12.8. The van der Waals surface area contributed by atoms with Gasteiger partial charge in [0.25, 0.3) is 15.9 Å². The lowest BCUT2D eigenvalue weighted by Gasteiger charge is -2.14. The molecule has 4 N–H and O–H groups in total. The molecule has 186 valence electrons. The first-order chi connectivity index (χ1) is 16.4. The van der Waals surface area contributed by atoms with Crippen LogP contribution in [0, 0.1) is 0 Å². The van der Waals surface area contributed by atoms with E-state index in [1.165, 1.54) is 31.3 Å². The first-order valence-corrected chi connectivity index (χ1v) is 12.6. The Morgan fingerprint density at radius 1 is 1.06 bits per heavy atom. The van der Waals surface area contributed by atoms with Crippen LogP contribution in [0.4, 0.5) is 10.5 Å². The average Bonchev–Trinajstić information content (AvgIpc) is 3.13. The topological polar surface area (TPSA) is 138 Å². The normalized spacial score (nSPS) is 12.1. The molecule has 0 aliphatic carbocycles. The van der Waals surface area contributed by atoms with Crippen molar-refractivity contribution in [2.75, 3.05) is 12.4 Å². The number of carbonyl (C=O) groups excluding carboxylic acids is 3. The number of nitrogens with one attached hydrogen (secondary N) is 4. The van der Waals surface area contributed by atoms with Gasteiger partial charge in [-0.05, 0) is 49.4 Å². The molecule has 2 aromatic carbocycles. The lowest BCUT2D eigenvalue weighted by Crippen LogP contribution is -2.44. The van der Waals surface area contributed by atoms with Gasteiger partial charge in [0.2, 0.25) is 5.91 Å². The molecular weight excluding hydrogens is 517 g/mol. The van der Waals surface area contributed by atoms with E-state index in [1.54, 1.807) is 36.7 Å². The predicted octanol–water partition coefficient (Wildman–Crippen LogP) is 3.25. The number of urea groups is 1. The van der Waals surface area contributed by atoms with Gasteiger partial charge < -0.3 is 20.5 Å². The van der Waals surface area contributed by atoms with Crippen molar-refractivity contribution >= 4 is 67.7 Å². The summed E-state index contributed by atoms with van der Waals surface area (Å²) in [5, 5.41) is 8.83. The summed E-state index contributed by atoms with van der Waals surface area (Å²) in [5.74, 6) is -0.734. The van der Waals surface area contributed by atoms with Crippen LogP contribution >= 0.6 is 23.2 Å². The van der Waals surface area contributed by atoms with E-state index in [4.69, 9.17) is 23.2 Å². The van der Waals surface area contributed by atoms with E-state index in [1.807, 2.05) is 4.72 Å². The molecule has 35 heavy (non-hydrogen) atoms. The highest BCUT2D eigenvalue weighted by Gasteiger charge is 2.20. The van der Waals surface area contributed by atoms with Crippen LogP contribution in [0.1, 0.15) is 23.8 Å². The van der Waals surface area contributed by atoms with Gasteiger partial charge in [-0.1, -0.05) is 23.2 Å². The Kier molecular flexibility index (Phi) is 7.93. The molecule has 1 atom stereocenters. The third-order valence-electron chi connectivity index (χ3n) is 5.14. The fraction of sp³-hybridized carbons (Fsp3) is 0.227. The number of amides is 4. The number of halogens is 2. The second-order valence-electron chi connectivity index (χ2n) is 7.72. The van der Waals surface area contributed by atoms with E-state index in [2.05, 4.69) is 16.0 Å². The minimum absolute atomic E-state index is 0.00564. The zero-order chi connectivity index (χ0) is 25.9. The molecule has 0 bridgehead atoms. The molecule has 0 aliphatic rings. The van der Waals surface area contributed by atoms with Crippen molar-refractivity contribution in [1.29, 1.82) is 0 Å². The molecule has 0 fully saturated rings. The summed E-state index contributed by atoms with van der Waals surface area (Å²) < 4.78 is 28.5. The Bertz CT molecular complexity index is 1400. The van der Waals surface area contributed by atoms with Gasteiger partial charge >= 0.3 is 6.03 Å². The number of nitrogens with zero attached hydrogens (tertiary/aromatic N) is 1. The number of anilines is 1. The molecule has 1 heterocycles. The number of aromatic nitrogens is 1. The summed E-state index contributed by atoms with van der Waals surface area (Å²) in [4.78, 5) is 36.0. The van der Waals surface area contributed by atoms with Gasteiger partial charge in [-0.2, -0.15) is 0 Å². The van der Waals surface area contributed by atoms with Gasteiger partial charge in [0.1, 0.15) is 5.69 Å². The second kappa shape index (κ2) is 10.5. The van der Waals surface area contributed by atoms with E-state index in [0.29, 0.717) is 26.8 Å². The molecule has 0 spiro atoms. The van der Waals surface area contributed by atoms with E-state index in [-0.39, 0.29) is 17.2 Å². The summed E-state index contributed by atoms with van der Waals surface area (Å²) in [6, 6.07) is 8.75. The summed E-state index contributed by atoms with van der Waals surface area (Å²) in [7, 11) is -1.01. The number of benzene rings is 2. The summed E-state index contributed by atoms with van der Waals surface area (Å²) in [5.41, 5.74) is 1.39. The molecule has 3 aromatic rings. The lowest BCUT2D eigenvalue weighted by molar-refractivity contribution is -0.120. The van der Waals surface area contributed by atoms with Crippen LogP contribution in [0.3, 0.4) is 0 Å². The number of sulfonamides is 1. The summed E-state index contributed by atoms with van der Waals surface area (Å²) >= 11 is 12.3. The van der Waals surface area contributed by atoms with E-state index in [0.717, 1.165) is 5.52 Å². The molecule has 0 aliphatic heterocycles. The number of fused-ring (bicyclic) bond motifs is 1. The van der Waals surface area contributed by atoms with Crippen molar-refractivity contribution in [2.24, 2.45) is 7.05 Å². The number of hydrogen-bond acceptors (Lipinski definition) is 5. The molecule has 1 unspecified atom stereocenters. The Morgan fingerprint density at radius 3 is 2.34 bits per heavy atom. The van der Waals surface area contributed by atoms with Crippen LogP contribution < -0.4 is 20.7 Å². The lowest BCUT2D eigenvalue weighted by atomic mass is 10.2. The van der Waals surface area contributed by atoms with Gasteiger partial charge in [-0.3, -0.25) is 9.59 Å². The SMILES string of the molecule is CNC(=O)CC(C)NC(=O)NS(=O)(=O)c1ccc(NC(=O)c2cc3c(Cl)c(Cl)ccc3n2C)cc1. The molecule has 4 amide bonds. The molecule has 0 radical (unpaired) electrons. The Hall–Kier alpha value is -3.28. The molecule has 10 nitrogen and oxygen atoms in total. The molecular formula is C22H23Cl2N5O5S. The Labute approximate surface area is 212 Å². The van der Waals surface area contributed by atoms with Gasteiger partial charge in [-0.15, -0.1) is 0 Å². The van der Waals surface area contributed by atoms with Crippen molar-refractivity contribution in [1.82, 2.24) is 19.9 Å². The van der Waals surface area contributed by atoms with Crippen molar-refractivity contribution in [3.63, 3.8) is 0 Å². The maximum atomic E-state index is 12.8. The van der Waals surface area contributed by atoms with Crippen LogP contribution in [0.15, 0.2) is 47.4 Å². The van der Waals surface area contributed by atoms with Gasteiger partial charge in [0.05, 0.1) is 14.9 Å². The predicted molar refractivity (Wildman–Crippen MR) is 134 cm³/mol. The number of hydrogen-bond donors (Lipinski definition) is 4.